The fraction of sp³-hybridized carbons (Fsp3) is 0.158. The first-order chi connectivity index (χ1) is 12.1. The number of aryl methyl sites for hydroxylation is 1. The lowest BCUT2D eigenvalue weighted by Gasteiger charge is -2.20. The molecule has 128 valence electrons. The monoisotopic (exact) mass is 373 g/mol. The van der Waals surface area contributed by atoms with Crippen LogP contribution >= 0.6 is 23.2 Å². The van der Waals surface area contributed by atoms with Gasteiger partial charge in [0.1, 0.15) is 5.82 Å². The lowest BCUT2D eigenvalue weighted by atomic mass is 10.0. The summed E-state index contributed by atoms with van der Waals surface area (Å²) in [5.74, 6) is 0.613. The Kier molecular flexibility index (Phi) is 5.41. The number of benzene rings is 2. The van der Waals surface area contributed by atoms with E-state index in [4.69, 9.17) is 23.2 Å². The van der Waals surface area contributed by atoms with Crippen LogP contribution in [0, 0.1) is 0 Å². The number of hydrogen-bond acceptors (Lipinski definition) is 2. The zero-order valence-electron chi connectivity index (χ0n) is 13.6. The van der Waals surface area contributed by atoms with Crippen molar-refractivity contribution in [2.75, 3.05) is 0 Å². The third-order valence-corrected chi connectivity index (χ3v) is 4.83. The molecule has 1 atom stereocenters. The van der Waals surface area contributed by atoms with Crippen molar-refractivity contribution < 1.29 is 4.79 Å². The van der Waals surface area contributed by atoms with Gasteiger partial charge < -0.3 is 9.88 Å². The third kappa shape index (κ3) is 4.03. The molecule has 0 fully saturated rings. The molecule has 0 saturated heterocycles. The van der Waals surface area contributed by atoms with Gasteiger partial charge in [0.05, 0.1) is 21.7 Å². The van der Waals surface area contributed by atoms with Crippen LogP contribution < -0.4 is 5.32 Å². The minimum atomic E-state index is -0.268. The van der Waals surface area contributed by atoms with E-state index in [1.165, 1.54) is 0 Å². The first kappa shape index (κ1) is 17.5. The molecular weight excluding hydrogens is 357 g/mol. The van der Waals surface area contributed by atoms with Crippen LogP contribution in [-0.4, -0.2) is 15.5 Å². The molecule has 0 aliphatic carbocycles. The Labute approximate surface area is 156 Å². The normalized spacial score (nSPS) is 12.0. The Balaban J connectivity index is 1.88. The van der Waals surface area contributed by atoms with Gasteiger partial charge in [0.2, 0.25) is 0 Å². The van der Waals surface area contributed by atoms with Crippen molar-refractivity contribution in [3.8, 4) is 0 Å². The first-order valence-electron chi connectivity index (χ1n) is 7.82. The lowest BCUT2D eigenvalue weighted by molar-refractivity contribution is 0.0936. The van der Waals surface area contributed by atoms with E-state index in [0.717, 1.165) is 11.4 Å². The zero-order chi connectivity index (χ0) is 17.8. The highest BCUT2D eigenvalue weighted by atomic mass is 35.5. The number of halogens is 2. The van der Waals surface area contributed by atoms with E-state index < -0.39 is 0 Å². The summed E-state index contributed by atoms with van der Waals surface area (Å²) in [4.78, 5) is 17.1. The van der Waals surface area contributed by atoms with Crippen LogP contribution in [0.5, 0.6) is 0 Å². The van der Waals surface area contributed by atoms with E-state index >= 15 is 0 Å². The SMILES string of the molecule is Cn1ccnc1C[C@@H](NC(=O)c1cccc(Cl)c1Cl)c1ccccc1. The molecule has 0 aliphatic heterocycles. The second-order valence-electron chi connectivity index (χ2n) is 5.70. The predicted molar refractivity (Wildman–Crippen MR) is 100 cm³/mol. The Hall–Kier alpha value is -2.30. The Morgan fingerprint density at radius 3 is 2.60 bits per heavy atom. The van der Waals surface area contributed by atoms with Gasteiger partial charge in [0, 0.05) is 25.9 Å². The summed E-state index contributed by atoms with van der Waals surface area (Å²) in [5.41, 5.74) is 1.35. The molecule has 2 aromatic carbocycles. The molecule has 0 bridgehead atoms. The van der Waals surface area contributed by atoms with Gasteiger partial charge in [-0.25, -0.2) is 4.98 Å². The Morgan fingerprint density at radius 2 is 1.92 bits per heavy atom. The number of hydrogen-bond donors (Lipinski definition) is 1. The highest BCUT2D eigenvalue weighted by Gasteiger charge is 2.20. The van der Waals surface area contributed by atoms with Gasteiger partial charge in [-0.15, -0.1) is 0 Å². The molecule has 3 rings (SSSR count). The fourth-order valence-electron chi connectivity index (χ4n) is 2.63. The van der Waals surface area contributed by atoms with E-state index in [1.807, 2.05) is 48.1 Å². The van der Waals surface area contributed by atoms with Gasteiger partial charge in [0.15, 0.2) is 0 Å². The third-order valence-electron chi connectivity index (χ3n) is 4.01. The second-order valence-corrected chi connectivity index (χ2v) is 6.48. The topological polar surface area (TPSA) is 46.9 Å². The summed E-state index contributed by atoms with van der Waals surface area (Å²) in [6.45, 7) is 0. The molecule has 4 nitrogen and oxygen atoms in total. The minimum Gasteiger partial charge on any atom is -0.345 e. The van der Waals surface area contributed by atoms with Crippen molar-refractivity contribution in [3.05, 3.63) is 87.9 Å². The maximum atomic E-state index is 12.7. The summed E-state index contributed by atoms with van der Waals surface area (Å²) in [6.07, 6.45) is 4.19. The van der Waals surface area contributed by atoms with Gasteiger partial charge in [-0.3, -0.25) is 4.79 Å². The number of imidazole rings is 1. The summed E-state index contributed by atoms with van der Waals surface area (Å²) >= 11 is 12.2. The molecule has 0 radical (unpaired) electrons. The van der Waals surface area contributed by atoms with E-state index in [9.17, 15) is 4.79 Å². The number of carbonyl (C=O) groups is 1. The van der Waals surface area contributed by atoms with Crippen molar-refractivity contribution in [1.29, 1.82) is 0 Å². The molecule has 3 aromatic rings. The van der Waals surface area contributed by atoms with E-state index in [-0.39, 0.29) is 17.0 Å². The van der Waals surface area contributed by atoms with Crippen LogP contribution in [0.15, 0.2) is 60.9 Å². The largest absolute Gasteiger partial charge is 0.345 e. The van der Waals surface area contributed by atoms with Gasteiger partial charge in [0.25, 0.3) is 5.91 Å². The number of carbonyl (C=O) groups excluding carboxylic acids is 1. The first-order valence-corrected chi connectivity index (χ1v) is 8.58. The van der Waals surface area contributed by atoms with Crippen LogP contribution in [0.2, 0.25) is 10.0 Å². The van der Waals surface area contributed by atoms with Gasteiger partial charge in [-0.1, -0.05) is 59.6 Å². The quantitative estimate of drug-likeness (QED) is 0.718. The van der Waals surface area contributed by atoms with Crippen molar-refractivity contribution in [2.24, 2.45) is 7.05 Å². The predicted octanol–water partition coefficient (Wildman–Crippen LogP) is 4.44. The summed E-state index contributed by atoms with van der Waals surface area (Å²) in [5, 5.41) is 3.66. The van der Waals surface area contributed by atoms with Crippen LogP contribution in [0.25, 0.3) is 0 Å². The standard InChI is InChI=1S/C19H17Cl2N3O/c1-24-11-10-22-17(24)12-16(13-6-3-2-4-7-13)23-19(25)14-8-5-9-15(20)18(14)21/h2-11,16H,12H2,1H3,(H,23,25)/t16-/m1/s1. The number of nitrogens with zero attached hydrogens (tertiary/aromatic N) is 2. The van der Waals surface area contributed by atoms with E-state index in [2.05, 4.69) is 10.3 Å². The molecule has 0 spiro atoms. The molecular formula is C19H17Cl2N3O. The zero-order valence-corrected chi connectivity index (χ0v) is 15.1. The van der Waals surface area contributed by atoms with Gasteiger partial charge >= 0.3 is 0 Å². The lowest BCUT2D eigenvalue weighted by Crippen LogP contribution is -2.30. The van der Waals surface area contributed by atoms with Gasteiger partial charge in [-0.2, -0.15) is 0 Å². The molecule has 1 N–H and O–H groups in total. The number of nitrogens with one attached hydrogen (secondary N) is 1. The molecule has 1 heterocycles. The second kappa shape index (κ2) is 7.72. The number of aromatic nitrogens is 2. The molecule has 1 aromatic heterocycles. The molecule has 0 saturated carbocycles. The minimum absolute atomic E-state index is 0.232. The van der Waals surface area contributed by atoms with Crippen LogP contribution in [0.3, 0.4) is 0 Å². The van der Waals surface area contributed by atoms with Crippen LogP contribution in [0.4, 0.5) is 0 Å². The van der Waals surface area contributed by atoms with Crippen LogP contribution in [0.1, 0.15) is 27.8 Å². The smallest absolute Gasteiger partial charge is 0.253 e. The molecule has 25 heavy (non-hydrogen) atoms. The van der Waals surface area contributed by atoms with E-state index in [1.54, 1.807) is 24.4 Å². The van der Waals surface area contributed by atoms with Crippen LogP contribution in [-0.2, 0) is 13.5 Å². The van der Waals surface area contributed by atoms with Crippen molar-refractivity contribution >= 4 is 29.1 Å². The highest BCUT2D eigenvalue weighted by molar-refractivity contribution is 6.43. The fourth-order valence-corrected chi connectivity index (χ4v) is 3.01. The summed E-state index contributed by atoms with van der Waals surface area (Å²) in [6, 6.07) is 14.6. The Morgan fingerprint density at radius 1 is 1.16 bits per heavy atom. The number of amides is 1. The molecule has 6 heteroatoms. The van der Waals surface area contributed by atoms with Crippen molar-refractivity contribution in [2.45, 2.75) is 12.5 Å². The maximum absolute atomic E-state index is 12.7. The van der Waals surface area contributed by atoms with Gasteiger partial charge in [-0.05, 0) is 17.7 Å². The maximum Gasteiger partial charge on any atom is 0.253 e. The van der Waals surface area contributed by atoms with Crippen molar-refractivity contribution in [3.63, 3.8) is 0 Å². The Bertz CT molecular complexity index is 877. The summed E-state index contributed by atoms with van der Waals surface area (Å²) < 4.78 is 1.94. The summed E-state index contributed by atoms with van der Waals surface area (Å²) in [7, 11) is 1.93. The molecule has 1 amide bonds. The average molecular weight is 374 g/mol. The van der Waals surface area contributed by atoms with E-state index in [0.29, 0.717) is 17.0 Å². The van der Waals surface area contributed by atoms with Crippen molar-refractivity contribution in [1.82, 2.24) is 14.9 Å². The number of rotatable bonds is 5. The average Bonchev–Trinajstić information content (AvgIpc) is 3.02. The highest BCUT2D eigenvalue weighted by Crippen LogP contribution is 2.26. The molecule has 0 unspecified atom stereocenters. The molecule has 0 aliphatic rings.